The minimum absolute atomic E-state index is 0.223. The van der Waals surface area contributed by atoms with Gasteiger partial charge in [0.15, 0.2) is 0 Å². The van der Waals surface area contributed by atoms with Crippen molar-refractivity contribution in [2.24, 2.45) is 0 Å². The molecule has 3 heteroatoms. The van der Waals surface area contributed by atoms with Crippen molar-refractivity contribution in [3.05, 3.63) is 35.6 Å². The van der Waals surface area contributed by atoms with Gasteiger partial charge in [0.05, 0.1) is 6.10 Å². The Labute approximate surface area is 113 Å². The predicted molar refractivity (Wildman–Crippen MR) is 75.4 cm³/mol. The molecule has 0 spiro atoms. The molecule has 18 heavy (non-hydrogen) atoms. The van der Waals surface area contributed by atoms with Gasteiger partial charge in [-0.3, -0.25) is 0 Å². The van der Waals surface area contributed by atoms with Crippen LogP contribution in [0.1, 0.15) is 37.7 Å². The van der Waals surface area contributed by atoms with E-state index in [1.807, 2.05) is 17.8 Å². The Bertz CT molecular complexity index is 363. The molecule has 100 valence electrons. The third kappa shape index (κ3) is 4.62. The van der Waals surface area contributed by atoms with E-state index in [1.165, 1.54) is 44.2 Å². The second-order valence-electron chi connectivity index (χ2n) is 5.08. The zero-order valence-corrected chi connectivity index (χ0v) is 11.5. The van der Waals surface area contributed by atoms with E-state index in [-0.39, 0.29) is 11.9 Å². The standard InChI is InChI=1S/C15H21FOS/c16-13-6-4-5-12(9-13)10-14(17)11-18-15-7-2-1-3-8-15/h4-6,9,14-15,17H,1-3,7-8,10-11H2. The van der Waals surface area contributed by atoms with Crippen molar-refractivity contribution in [1.82, 2.24) is 0 Å². The van der Waals surface area contributed by atoms with Crippen LogP contribution >= 0.6 is 11.8 Å². The van der Waals surface area contributed by atoms with Crippen molar-refractivity contribution in [2.45, 2.75) is 49.9 Å². The summed E-state index contributed by atoms with van der Waals surface area (Å²) in [4.78, 5) is 0. The first-order valence-electron chi connectivity index (χ1n) is 6.78. The molecule has 0 aromatic heterocycles. The zero-order valence-electron chi connectivity index (χ0n) is 10.6. The van der Waals surface area contributed by atoms with Crippen molar-refractivity contribution >= 4 is 11.8 Å². The summed E-state index contributed by atoms with van der Waals surface area (Å²) in [6.45, 7) is 0. The van der Waals surface area contributed by atoms with Gasteiger partial charge in [-0.1, -0.05) is 31.4 Å². The molecule has 1 aliphatic carbocycles. The fraction of sp³-hybridized carbons (Fsp3) is 0.600. The van der Waals surface area contributed by atoms with E-state index in [4.69, 9.17) is 0 Å². The maximum Gasteiger partial charge on any atom is 0.123 e. The predicted octanol–water partition coefficient (Wildman–Crippen LogP) is 3.80. The molecule has 1 unspecified atom stereocenters. The fourth-order valence-corrected chi connectivity index (χ4v) is 3.75. The monoisotopic (exact) mass is 268 g/mol. The van der Waals surface area contributed by atoms with Crippen molar-refractivity contribution in [3.8, 4) is 0 Å². The third-order valence-electron chi connectivity index (χ3n) is 3.44. The van der Waals surface area contributed by atoms with Gasteiger partial charge in [-0.15, -0.1) is 0 Å². The highest BCUT2D eigenvalue weighted by molar-refractivity contribution is 7.99. The number of halogens is 1. The number of hydrogen-bond acceptors (Lipinski definition) is 2. The van der Waals surface area contributed by atoms with Crippen molar-refractivity contribution < 1.29 is 9.50 Å². The number of thioether (sulfide) groups is 1. The highest BCUT2D eigenvalue weighted by atomic mass is 32.2. The van der Waals surface area contributed by atoms with Gasteiger partial charge in [-0.2, -0.15) is 11.8 Å². The van der Waals surface area contributed by atoms with Crippen LogP contribution < -0.4 is 0 Å². The van der Waals surface area contributed by atoms with Gasteiger partial charge in [0, 0.05) is 11.0 Å². The maximum absolute atomic E-state index is 13.0. The first-order chi connectivity index (χ1) is 8.74. The molecule has 1 nitrogen and oxygen atoms in total. The van der Waals surface area contributed by atoms with Gasteiger partial charge in [0.25, 0.3) is 0 Å². The minimum Gasteiger partial charge on any atom is -0.392 e. The smallest absolute Gasteiger partial charge is 0.123 e. The van der Waals surface area contributed by atoms with Crippen LogP contribution in [0.5, 0.6) is 0 Å². The lowest BCUT2D eigenvalue weighted by atomic mass is 10.0. The molecule has 2 rings (SSSR count). The molecular formula is C15H21FOS. The summed E-state index contributed by atoms with van der Waals surface area (Å²) in [5, 5.41) is 10.7. The van der Waals surface area contributed by atoms with Gasteiger partial charge < -0.3 is 5.11 Å². The molecule has 1 N–H and O–H groups in total. The van der Waals surface area contributed by atoms with E-state index in [0.717, 1.165) is 16.6 Å². The molecule has 1 aromatic rings. The Balaban J connectivity index is 1.72. The van der Waals surface area contributed by atoms with Crippen LogP contribution in [0.25, 0.3) is 0 Å². The molecule has 1 aliphatic rings. The molecule has 1 aromatic carbocycles. The largest absolute Gasteiger partial charge is 0.392 e. The van der Waals surface area contributed by atoms with Crippen LogP contribution in [0.3, 0.4) is 0 Å². The van der Waals surface area contributed by atoms with Crippen LogP contribution in [0.4, 0.5) is 4.39 Å². The summed E-state index contributed by atoms with van der Waals surface area (Å²) in [7, 11) is 0. The number of rotatable bonds is 5. The summed E-state index contributed by atoms with van der Waals surface area (Å²) in [5.74, 6) is 0.542. The third-order valence-corrected chi connectivity index (χ3v) is 4.96. The van der Waals surface area contributed by atoms with E-state index in [1.54, 1.807) is 6.07 Å². The summed E-state index contributed by atoms with van der Waals surface area (Å²) in [6, 6.07) is 6.52. The lowest BCUT2D eigenvalue weighted by Crippen LogP contribution is -2.17. The SMILES string of the molecule is OC(CSC1CCCCC1)Cc1cccc(F)c1. The lowest BCUT2D eigenvalue weighted by Gasteiger charge is -2.22. The van der Waals surface area contributed by atoms with E-state index >= 15 is 0 Å². The molecule has 0 bridgehead atoms. The number of benzene rings is 1. The molecule has 0 aliphatic heterocycles. The minimum atomic E-state index is -0.362. The second kappa shape index (κ2) is 7.15. The Hall–Kier alpha value is -0.540. The summed E-state index contributed by atoms with van der Waals surface area (Å²) < 4.78 is 13.0. The Morgan fingerprint density at radius 3 is 2.78 bits per heavy atom. The van der Waals surface area contributed by atoms with Gasteiger partial charge in [-0.05, 0) is 37.0 Å². The number of hydrogen-bond donors (Lipinski definition) is 1. The van der Waals surface area contributed by atoms with Crippen LogP contribution in [0.15, 0.2) is 24.3 Å². The van der Waals surface area contributed by atoms with Crippen LogP contribution in [-0.4, -0.2) is 22.2 Å². The van der Waals surface area contributed by atoms with Crippen molar-refractivity contribution in [1.29, 1.82) is 0 Å². The summed E-state index contributed by atoms with van der Waals surface area (Å²) in [6.07, 6.45) is 6.79. The number of aliphatic hydroxyl groups is 1. The summed E-state index contributed by atoms with van der Waals surface area (Å²) in [5.41, 5.74) is 0.881. The Kier molecular flexibility index (Phi) is 5.51. The van der Waals surface area contributed by atoms with Gasteiger partial charge >= 0.3 is 0 Å². The van der Waals surface area contributed by atoms with Gasteiger partial charge in [0.1, 0.15) is 5.82 Å². The molecule has 0 heterocycles. The zero-order chi connectivity index (χ0) is 12.8. The van der Waals surface area contributed by atoms with Gasteiger partial charge in [0.2, 0.25) is 0 Å². The van der Waals surface area contributed by atoms with E-state index in [2.05, 4.69) is 0 Å². The maximum atomic E-state index is 13.0. The molecular weight excluding hydrogens is 247 g/mol. The van der Waals surface area contributed by atoms with Crippen molar-refractivity contribution in [2.75, 3.05) is 5.75 Å². The fourth-order valence-electron chi connectivity index (χ4n) is 2.47. The first-order valence-corrected chi connectivity index (χ1v) is 7.83. The number of aliphatic hydroxyl groups excluding tert-OH is 1. The molecule has 1 saturated carbocycles. The van der Waals surface area contributed by atoms with E-state index in [9.17, 15) is 9.50 Å². The quantitative estimate of drug-likeness (QED) is 0.876. The topological polar surface area (TPSA) is 20.2 Å². The van der Waals surface area contributed by atoms with Gasteiger partial charge in [-0.25, -0.2) is 4.39 Å². The van der Waals surface area contributed by atoms with E-state index in [0.29, 0.717) is 6.42 Å². The summed E-state index contributed by atoms with van der Waals surface area (Å²) >= 11 is 1.89. The highest BCUT2D eigenvalue weighted by Crippen LogP contribution is 2.28. The molecule has 0 radical (unpaired) electrons. The first kappa shape index (κ1) is 13.9. The average Bonchev–Trinajstić information content (AvgIpc) is 2.38. The lowest BCUT2D eigenvalue weighted by molar-refractivity contribution is 0.200. The molecule has 1 atom stereocenters. The second-order valence-corrected chi connectivity index (χ2v) is 6.41. The molecule has 1 fully saturated rings. The van der Waals surface area contributed by atoms with Crippen LogP contribution in [0, 0.1) is 5.82 Å². The average molecular weight is 268 g/mol. The van der Waals surface area contributed by atoms with Crippen LogP contribution in [-0.2, 0) is 6.42 Å². The Morgan fingerprint density at radius 2 is 2.06 bits per heavy atom. The highest BCUT2D eigenvalue weighted by Gasteiger charge is 2.15. The Morgan fingerprint density at radius 1 is 1.28 bits per heavy atom. The molecule has 0 amide bonds. The van der Waals surface area contributed by atoms with Crippen LogP contribution in [0.2, 0.25) is 0 Å². The normalized spacial score (nSPS) is 18.8. The van der Waals surface area contributed by atoms with Crippen molar-refractivity contribution in [3.63, 3.8) is 0 Å². The van der Waals surface area contributed by atoms with E-state index < -0.39 is 0 Å². The molecule has 0 saturated heterocycles.